The summed E-state index contributed by atoms with van der Waals surface area (Å²) >= 11 is 0. The van der Waals surface area contributed by atoms with Crippen molar-refractivity contribution in [3.8, 4) is 5.75 Å². The van der Waals surface area contributed by atoms with E-state index >= 15 is 0 Å². The minimum Gasteiger partial charge on any atom is -0.507 e. The highest BCUT2D eigenvalue weighted by Gasteiger charge is 2.06. The molecule has 2 aromatic carbocycles. The van der Waals surface area contributed by atoms with Crippen LogP contribution in [0.1, 0.15) is 30.1 Å². The first-order valence-corrected chi connectivity index (χ1v) is 6.22. The summed E-state index contributed by atoms with van der Waals surface area (Å²) in [5.41, 5.74) is 0.629. The number of unbranched alkanes of at least 4 members (excludes halogenated alkanes) is 1. The molecule has 0 aliphatic heterocycles. The monoisotopic (exact) mass is 243 g/mol. The van der Waals surface area contributed by atoms with Crippen LogP contribution in [0.4, 0.5) is 0 Å². The Morgan fingerprint density at radius 3 is 2.89 bits per heavy atom. The molecule has 2 aromatic rings. The minimum absolute atomic E-state index is 0.0614. The lowest BCUT2D eigenvalue weighted by Crippen LogP contribution is -2.24. The van der Waals surface area contributed by atoms with Crippen LogP contribution >= 0.6 is 0 Å². The van der Waals surface area contributed by atoms with E-state index in [-0.39, 0.29) is 11.7 Å². The molecule has 0 fully saturated rings. The predicted octanol–water partition coefficient (Wildman–Crippen LogP) is 3.08. The average molecular weight is 243 g/mol. The van der Waals surface area contributed by atoms with Crippen molar-refractivity contribution in [1.82, 2.24) is 5.32 Å². The van der Waals surface area contributed by atoms with Gasteiger partial charge in [-0.2, -0.15) is 0 Å². The Morgan fingerprint density at radius 1 is 1.28 bits per heavy atom. The first kappa shape index (κ1) is 12.4. The van der Waals surface area contributed by atoms with Gasteiger partial charge in [0.2, 0.25) is 0 Å². The first-order valence-electron chi connectivity index (χ1n) is 6.22. The predicted molar refractivity (Wildman–Crippen MR) is 72.9 cm³/mol. The van der Waals surface area contributed by atoms with E-state index in [2.05, 4.69) is 12.2 Å². The topological polar surface area (TPSA) is 49.3 Å². The quantitative estimate of drug-likeness (QED) is 0.811. The molecule has 0 heterocycles. The number of phenolic OH excluding ortho intramolecular Hbond substituents is 1. The lowest BCUT2D eigenvalue weighted by atomic mass is 10.1. The number of amides is 1. The summed E-state index contributed by atoms with van der Waals surface area (Å²) < 4.78 is 0. The SMILES string of the molecule is CCCCNC(=O)c1ccc2c(O)cccc2c1. The van der Waals surface area contributed by atoms with Crippen molar-refractivity contribution >= 4 is 16.7 Å². The molecule has 0 saturated heterocycles. The number of benzene rings is 2. The van der Waals surface area contributed by atoms with Crippen molar-refractivity contribution < 1.29 is 9.90 Å². The molecule has 2 N–H and O–H groups in total. The Hall–Kier alpha value is -2.03. The second-order valence-corrected chi connectivity index (χ2v) is 4.32. The Bertz CT molecular complexity index is 563. The number of nitrogens with one attached hydrogen (secondary N) is 1. The smallest absolute Gasteiger partial charge is 0.251 e. The maximum absolute atomic E-state index is 11.9. The third kappa shape index (κ3) is 2.62. The fraction of sp³-hybridized carbons (Fsp3) is 0.267. The van der Waals surface area contributed by atoms with Crippen LogP contribution < -0.4 is 5.32 Å². The molecule has 1 amide bonds. The zero-order valence-electron chi connectivity index (χ0n) is 10.4. The van der Waals surface area contributed by atoms with Crippen LogP contribution in [0.15, 0.2) is 36.4 Å². The molecule has 18 heavy (non-hydrogen) atoms. The summed E-state index contributed by atoms with van der Waals surface area (Å²) in [5.74, 6) is 0.180. The molecule has 0 unspecified atom stereocenters. The van der Waals surface area contributed by atoms with Crippen molar-refractivity contribution in [3.63, 3.8) is 0 Å². The summed E-state index contributed by atoms with van der Waals surface area (Å²) in [6, 6.07) is 10.6. The first-order chi connectivity index (χ1) is 8.72. The normalized spacial score (nSPS) is 10.5. The van der Waals surface area contributed by atoms with Gasteiger partial charge in [-0.15, -0.1) is 0 Å². The van der Waals surface area contributed by atoms with Gasteiger partial charge in [0, 0.05) is 17.5 Å². The molecule has 0 aliphatic carbocycles. The molecular weight excluding hydrogens is 226 g/mol. The van der Waals surface area contributed by atoms with E-state index in [0.29, 0.717) is 12.1 Å². The molecule has 0 saturated carbocycles. The third-order valence-electron chi connectivity index (χ3n) is 2.94. The van der Waals surface area contributed by atoms with E-state index in [9.17, 15) is 9.90 Å². The summed E-state index contributed by atoms with van der Waals surface area (Å²) in [6.45, 7) is 2.79. The summed E-state index contributed by atoms with van der Waals surface area (Å²) in [6.07, 6.45) is 2.05. The van der Waals surface area contributed by atoms with Crippen LogP contribution in [-0.2, 0) is 0 Å². The fourth-order valence-corrected chi connectivity index (χ4v) is 1.89. The van der Waals surface area contributed by atoms with Gasteiger partial charge < -0.3 is 10.4 Å². The van der Waals surface area contributed by atoms with Crippen LogP contribution in [0.3, 0.4) is 0 Å². The van der Waals surface area contributed by atoms with Gasteiger partial charge in [0.05, 0.1) is 0 Å². The molecule has 0 atom stereocenters. The number of hydrogen-bond acceptors (Lipinski definition) is 2. The second-order valence-electron chi connectivity index (χ2n) is 4.32. The molecular formula is C15H17NO2. The number of phenols is 1. The highest BCUT2D eigenvalue weighted by Crippen LogP contribution is 2.24. The van der Waals surface area contributed by atoms with Gasteiger partial charge >= 0.3 is 0 Å². The average Bonchev–Trinajstić information content (AvgIpc) is 2.39. The van der Waals surface area contributed by atoms with Crippen LogP contribution in [0.5, 0.6) is 5.75 Å². The standard InChI is InChI=1S/C15H17NO2/c1-2-3-9-16-15(18)12-7-8-13-11(10-12)5-4-6-14(13)17/h4-8,10,17H,2-3,9H2,1H3,(H,16,18). The van der Waals surface area contributed by atoms with Gasteiger partial charge in [0.1, 0.15) is 5.75 Å². The lowest BCUT2D eigenvalue weighted by Gasteiger charge is -2.06. The number of hydrogen-bond donors (Lipinski definition) is 2. The minimum atomic E-state index is -0.0614. The molecule has 0 spiro atoms. The van der Waals surface area contributed by atoms with Crippen molar-refractivity contribution in [1.29, 1.82) is 0 Å². The molecule has 0 bridgehead atoms. The van der Waals surface area contributed by atoms with Gasteiger partial charge in [0.25, 0.3) is 5.91 Å². The van der Waals surface area contributed by atoms with E-state index in [4.69, 9.17) is 0 Å². The molecule has 0 aliphatic rings. The molecule has 94 valence electrons. The maximum Gasteiger partial charge on any atom is 0.251 e. The van der Waals surface area contributed by atoms with Crippen molar-refractivity contribution in [2.75, 3.05) is 6.54 Å². The number of carbonyl (C=O) groups is 1. The molecule has 3 nitrogen and oxygen atoms in total. The number of fused-ring (bicyclic) bond motifs is 1. The van der Waals surface area contributed by atoms with Crippen LogP contribution in [0.25, 0.3) is 10.8 Å². The van der Waals surface area contributed by atoms with E-state index in [0.717, 1.165) is 23.6 Å². The Labute approximate surface area is 106 Å². The van der Waals surface area contributed by atoms with E-state index in [1.54, 1.807) is 30.3 Å². The maximum atomic E-state index is 11.9. The summed E-state index contributed by atoms with van der Waals surface area (Å²) in [5, 5.41) is 14.2. The Kier molecular flexibility index (Phi) is 3.82. The Morgan fingerprint density at radius 2 is 2.11 bits per heavy atom. The summed E-state index contributed by atoms with van der Waals surface area (Å²) in [7, 11) is 0. The van der Waals surface area contributed by atoms with Crippen molar-refractivity contribution in [2.24, 2.45) is 0 Å². The molecule has 0 aromatic heterocycles. The van der Waals surface area contributed by atoms with E-state index in [1.165, 1.54) is 0 Å². The summed E-state index contributed by atoms with van der Waals surface area (Å²) in [4.78, 5) is 11.9. The van der Waals surface area contributed by atoms with Crippen LogP contribution in [-0.4, -0.2) is 17.6 Å². The second kappa shape index (κ2) is 5.54. The number of carbonyl (C=O) groups excluding carboxylic acids is 1. The number of aromatic hydroxyl groups is 1. The van der Waals surface area contributed by atoms with Crippen LogP contribution in [0.2, 0.25) is 0 Å². The third-order valence-corrected chi connectivity index (χ3v) is 2.94. The van der Waals surface area contributed by atoms with E-state index < -0.39 is 0 Å². The Balaban J connectivity index is 2.22. The van der Waals surface area contributed by atoms with Gasteiger partial charge in [-0.05, 0) is 36.1 Å². The largest absolute Gasteiger partial charge is 0.507 e. The van der Waals surface area contributed by atoms with E-state index in [1.807, 2.05) is 6.07 Å². The zero-order valence-corrected chi connectivity index (χ0v) is 10.4. The van der Waals surface area contributed by atoms with Gasteiger partial charge in [-0.3, -0.25) is 4.79 Å². The van der Waals surface area contributed by atoms with Crippen LogP contribution in [0, 0.1) is 0 Å². The number of rotatable bonds is 4. The van der Waals surface area contributed by atoms with Crippen molar-refractivity contribution in [3.05, 3.63) is 42.0 Å². The van der Waals surface area contributed by atoms with Gasteiger partial charge in [-0.25, -0.2) is 0 Å². The molecule has 3 heteroatoms. The lowest BCUT2D eigenvalue weighted by molar-refractivity contribution is 0.0953. The zero-order chi connectivity index (χ0) is 13.0. The highest BCUT2D eigenvalue weighted by molar-refractivity contribution is 5.99. The fourth-order valence-electron chi connectivity index (χ4n) is 1.89. The van der Waals surface area contributed by atoms with Crippen molar-refractivity contribution in [2.45, 2.75) is 19.8 Å². The highest BCUT2D eigenvalue weighted by atomic mass is 16.3. The van der Waals surface area contributed by atoms with Gasteiger partial charge in [-0.1, -0.05) is 25.5 Å². The molecule has 2 rings (SSSR count). The molecule has 0 radical (unpaired) electrons. The van der Waals surface area contributed by atoms with Gasteiger partial charge in [0.15, 0.2) is 0 Å².